The maximum Gasteiger partial charge on any atom is 0.224 e. The summed E-state index contributed by atoms with van der Waals surface area (Å²) in [6.45, 7) is 4.00. The van der Waals surface area contributed by atoms with E-state index in [2.05, 4.69) is 22.5 Å². The van der Waals surface area contributed by atoms with E-state index in [1.165, 1.54) is 18.6 Å². The lowest BCUT2D eigenvalue weighted by molar-refractivity contribution is -0.134. The van der Waals surface area contributed by atoms with Gasteiger partial charge in [0.15, 0.2) is 5.96 Å². The van der Waals surface area contributed by atoms with Crippen LogP contribution < -0.4 is 10.6 Å². The zero-order valence-electron chi connectivity index (χ0n) is 14.5. The fourth-order valence-corrected chi connectivity index (χ4v) is 2.95. The Labute approximate surface area is 143 Å². The summed E-state index contributed by atoms with van der Waals surface area (Å²) < 4.78 is 13.2. The van der Waals surface area contributed by atoms with Crippen LogP contribution >= 0.6 is 0 Å². The van der Waals surface area contributed by atoms with Crippen molar-refractivity contribution in [3.05, 3.63) is 35.6 Å². The number of nitrogens with zero attached hydrogens (tertiary/aromatic N) is 2. The summed E-state index contributed by atoms with van der Waals surface area (Å²) in [7, 11) is 1.68. The number of benzene rings is 1. The van der Waals surface area contributed by atoms with Crippen LogP contribution in [0.4, 0.5) is 4.39 Å². The molecule has 1 unspecified atom stereocenters. The number of likely N-dealkylation sites (tertiary alicyclic amines) is 1. The maximum absolute atomic E-state index is 13.2. The van der Waals surface area contributed by atoms with E-state index < -0.39 is 0 Å². The van der Waals surface area contributed by atoms with Crippen molar-refractivity contribution in [2.75, 3.05) is 20.1 Å². The first-order chi connectivity index (χ1) is 11.6. The topological polar surface area (TPSA) is 56.7 Å². The van der Waals surface area contributed by atoms with Crippen LogP contribution in [0.3, 0.4) is 0 Å². The third kappa shape index (κ3) is 5.51. The van der Waals surface area contributed by atoms with E-state index in [1.807, 2.05) is 11.0 Å². The minimum Gasteiger partial charge on any atom is -0.356 e. The Balaban J connectivity index is 1.72. The van der Waals surface area contributed by atoms with Crippen LogP contribution in [-0.4, -0.2) is 42.9 Å². The van der Waals surface area contributed by atoms with E-state index in [-0.39, 0.29) is 11.7 Å². The Morgan fingerprint density at radius 2 is 2.21 bits per heavy atom. The zero-order chi connectivity index (χ0) is 17.4. The second kappa shape index (κ2) is 9.25. The van der Waals surface area contributed by atoms with Gasteiger partial charge in [0.1, 0.15) is 5.82 Å². The minimum absolute atomic E-state index is 0.190. The molecular weight excluding hydrogens is 307 g/mol. The highest BCUT2D eigenvalue weighted by Crippen LogP contribution is 2.16. The van der Waals surface area contributed by atoms with Crippen LogP contribution in [0.5, 0.6) is 0 Å². The number of hydrogen-bond acceptors (Lipinski definition) is 2. The largest absolute Gasteiger partial charge is 0.356 e. The summed E-state index contributed by atoms with van der Waals surface area (Å²) in [6.07, 6.45) is 3.85. The molecule has 6 heteroatoms. The summed E-state index contributed by atoms with van der Waals surface area (Å²) in [4.78, 5) is 18.4. The fourth-order valence-electron chi connectivity index (χ4n) is 2.95. The normalized spacial score (nSPS) is 18.4. The van der Waals surface area contributed by atoms with Crippen molar-refractivity contribution >= 4 is 11.9 Å². The second-order valence-corrected chi connectivity index (χ2v) is 6.16. The third-order valence-electron chi connectivity index (χ3n) is 4.33. The number of nitrogens with one attached hydrogen (secondary N) is 2. The van der Waals surface area contributed by atoms with Crippen molar-refractivity contribution in [2.45, 2.75) is 45.2 Å². The van der Waals surface area contributed by atoms with Crippen molar-refractivity contribution in [3.8, 4) is 0 Å². The number of carbonyl (C=O) groups excluding carboxylic acids is 1. The molecule has 1 saturated heterocycles. The highest BCUT2D eigenvalue weighted by Gasteiger charge is 2.22. The molecule has 1 atom stereocenters. The van der Waals surface area contributed by atoms with Gasteiger partial charge in [-0.15, -0.1) is 0 Å². The molecular formula is C18H27FN4O. The summed E-state index contributed by atoms with van der Waals surface area (Å²) in [5, 5.41) is 6.26. The van der Waals surface area contributed by atoms with Gasteiger partial charge in [-0.05, 0) is 43.9 Å². The lowest BCUT2D eigenvalue weighted by atomic mass is 10.0. The number of piperidine rings is 1. The zero-order valence-corrected chi connectivity index (χ0v) is 14.5. The number of carbonyl (C=O) groups is 1. The lowest BCUT2D eigenvalue weighted by Gasteiger charge is -2.33. The number of halogens is 1. The van der Waals surface area contributed by atoms with Crippen LogP contribution in [0.25, 0.3) is 0 Å². The molecule has 0 bridgehead atoms. The Hall–Kier alpha value is -2.11. The van der Waals surface area contributed by atoms with Gasteiger partial charge >= 0.3 is 0 Å². The molecule has 0 aliphatic carbocycles. The molecule has 132 valence electrons. The smallest absolute Gasteiger partial charge is 0.224 e. The Bertz CT molecular complexity index is 576. The summed E-state index contributed by atoms with van der Waals surface area (Å²) in [5.74, 6) is 0.549. The fraction of sp³-hybridized carbons (Fsp3) is 0.556. The van der Waals surface area contributed by atoms with Gasteiger partial charge in [0, 0.05) is 39.1 Å². The van der Waals surface area contributed by atoms with Gasteiger partial charge in [-0.25, -0.2) is 4.39 Å². The quantitative estimate of drug-likeness (QED) is 0.642. The molecule has 2 N–H and O–H groups in total. The van der Waals surface area contributed by atoms with Gasteiger partial charge in [-0.3, -0.25) is 9.79 Å². The maximum atomic E-state index is 13.2. The molecule has 5 nitrogen and oxygen atoms in total. The van der Waals surface area contributed by atoms with Crippen molar-refractivity contribution in [1.82, 2.24) is 15.5 Å². The first kappa shape index (κ1) is 18.2. The van der Waals surface area contributed by atoms with E-state index in [0.717, 1.165) is 24.9 Å². The molecule has 1 aromatic carbocycles. The molecule has 1 aliphatic heterocycles. The van der Waals surface area contributed by atoms with Crippen molar-refractivity contribution in [1.29, 1.82) is 0 Å². The average molecular weight is 334 g/mol. The SMILES string of the molecule is CN=C(NCCC(=O)N1CCCCC1C)NCc1cccc(F)c1. The van der Waals surface area contributed by atoms with Gasteiger partial charge in [-0.2, -0.15) is 0 Å². The van der Waals surface area contributed by atoms with Gasteiger partial charge < -0.3 is 15.5 Å². The molecule has 0 saturated carbocycles. The molecule has 2 rings (SSSR count). The molecule has 24 heavy (non-hydrogen) atoms. The minimum atomic E-state index is -0.251. The van der Waals surface area contributed by atoms with E-state index in [0.29, 0.717) is 31.5 Å². The molecule has 1 heterocycles. The van der Waals surface area contributed by atoms with Crippen LogP contribution in [0.15, 0.2) is 29.3 Å². The average Bonchev–Trinajstić information content (AvgIpc) is 2.58. The standard InChI is InChI=1S/C18H27FN4O/c1-14-6-3-4-11-23(14)17(24)9-10-21-18(20-2)22-13-15-7-5-8-16(19)12-15/h5,7-8,12,14H,3-4,6,9-11,13H2,1-2H3,(H2,20,21,22). The van der Waals surface area contributed by atoms with Gasteiger partial charge in [0.2, 0.25) is 5.91 Å². The molecule has 1 amide bonds. The van der Waals surface area contributed by atoms with Gasteiger partial charge in [0.25, 0.3) is 0 Å². The van der Waals surface area contributed by atoms with E-state index >= 15 is 0 Å². The Morgan fingerprint density at radius 1 is 1.38 bits per heavy atom. The predicted octanol–water partition coefficient (Wildman–Crippen LogP) is 2.28. The summed E-state index contributed by atoms with van der Waals surface area (Å²) in [5.41, 5.74) is 0.844. The lowest BCUT2D eigenvalue weighted by Crippen LogP contribution is -2.44. The van der Waals surface area contributed by atoms with Crippen molar-refractivity contribution < 1.29 is 9.18 Å². The summed E-state index contributed by atoms with van der Waals surface area (Å²) in [6, 6.07) is 6.79. The number of amides is 1. The van der Waals surface area contributed by atoms with E-state index in [1.54, 1.807) is 13.1 Å². The van der Waals surface area contributed by atoms with E-state index in [4.69, 9.17) is 0 Å². The van der Waals surface area contributed by atoms with E-state index in [9.17, 15) is 9.18 Å². The highest BCUT2D eigenvalue weighted by molar-refractivity contribution is 5.81. The number of guanidine groups is 1. The molecule has 1 aromatic rings. The van der Waals surface area contributed by atoms with Crippen molar-refractivity contribution in [3.63, 3.8) is 0 Å². The molecule has 1 fully saturated rings. The number of rotatable bonds is 5. The Kier molecular flexibility index (Phi) is 7.03. The number of hydrogen-bond donors (Lipinski definition) is 2. The van der Waals surface area contributed by atoms with Crippen LogP contribution in [0.1, 0.15) is 38.2 Å². The molecule has 0 radical (unpaired) electrons. The first-order valence-electron chi connectivity index (χ1n) is 8.58. The van der Waals surface area contributed by atoms with Crippen LogP contribution in [-0.2, 0) is 11.3 Å². The molecule has 0 spiro atoms. The highest BCUT2D eigenvalue weighted by atomic mass is 19.1. The second-order valence-electron chi connectivity index (χ2n) is 6.16. The Morgan fingerprint density at radius 3 is 2.92 bits per heavy atom. The predicted molar refractivity (Wildman–Crippen MR) is 94.2 cm³/mol. The van der Waals surface area contributed by atoms with Crippen LogP contribution in [0, 0.1) is 5.82 Å². The van der Waals surface area contributed by atoms with Crippen LogP contribution in [0.2, 0.25) is 0 Å². The third-order valence-corrected chi connectivity index (χ3v) is 4.33. The van der Waals surface area contributed by atoms with Gasteiger partial charge in [0.05, 0.1) is 0 Å². The molecule has 1 aliphatic rings. The summed E-state index contributed by atoms with van der Waals surface area (Å²) >= 11 is 0. The monoisotopic (exact) mass is 334 g/mol. The molecule has 0 aromatic heterocycles. The van der Waals surface area contributed by atoms with Crippen molar-refractivity contribution in [2.24, 2.45) is 4.99 Å². The van der Waals surface area contributed by atoms with Gasteiger partial charge in [-0.1, -0.05) is 12.1 Å². The number of aliphatic imine (C=N–C) groups is 1. The first-order valence-corrected chi connectivity index (χ1v) is 8.58.